The van der Waals surface area contributed by atoms with Gasteiger partial charge in [0.05, 0.1) is 6.61 Å². The van der Waals surface area contributed by atoms with E-state index >= 15 is 0 Å². The first kappa shape index (κ1) is 14.0. The number of hydrogen-bond acceptors (Lipinski definition) is 7. The minimum Gasteiger partial charge on any atom is -0.461 e. The largest absolute Gasteiger partial charge is 0.461 e. The maximum atomic E-state index is 13.1. The normalized spacial score (nSPS) is 11.1. The molecule has 0 aliphatic rings. The Kier molecular flexibility index (Phi) is 4.01. The lowest BCUT2D eigenvalue weighted by molar-refractivity contribution is 0.0506. The van der Waals surface area contributed by atoms with Gasteiger partial charge in [-0.3, -0.25) is 0 Å². The summed E-state index contributed by atoms with van der Waals surface area (Å²) in [5, 5.41) is 10.5. The number of nitrogens with zero attached hydrogens (tertiary/aromatic N) is 5. The summed E-state index contributed by atoms with van der Waals surface area (Å²) in [6, 6.07) is 0. The summed E-state index contributed by atoms with van der Waals surface area (Å²) in [6.07, 6.45) is -2.93. The SMILES string of the molecule is CCOC(=O)c1nnn(Cc2noc(C)n2)c1C(F)F. The van der Waals surface area contributed by atoms with Gasteiger partial charge in [-0.1, -0.05) is 10.4 Å². The molecule has 0 spiro atoms. The van der Waals surface area contributed by atoms with E-state index in [9.17, 15) is 13.6 Å². The molecule has 8 nitrogen and oxygen atoms in total. The molecule has 0 radical (unpaired) electrons. The number of alkyl halides is 2. The molecule has 0 amide bonds. The van der Waals surface area contributed by atoms with E-state index < -0.39 is 23.8 Å². The summed E-state index contributed by atoms with van der Waals surface area (Å²) in [4.78, 5) is 15.4. The molecule has 0 atom stereocenters. The number of aryl methyl sites for hydroxylation is 1. The van der Waals surface area contributed by atoms with Gasteiger partial charge in [0, 0.05) is 6.92 Å². The van der Waals surface area contributed by atoms with Crippen LogP contribution in [0.1, 0.15) is 41.2 Å². The van der Waals surface area contributed by atoms with Crippen LogP contribution in [0.15, 0.2) is 4.52 Å². The van der Waals surface area contributed by atoms with Gasteiger partial charge in [0.2, 0.25) is 5.89 Å². The summed E-state index contributed by atoms with van der Waals surface area (Å²) in [7, 11) is 0. The highest BCUT2D eigenvalue weighted by Gasteiger charge is 2.28. The molecule has 0 unspecified atom stereocenters. The quantitative estimate of drug-likeness (QED) is 0.760. The summed E-state index contributed by atoms with van der Waals surface area (Å²) in [6.45, 7) is 3.00. The van der Waals surface area contributed by atoms with Crippen LogP contribution < -0.4 is 0 Å². The second kappa shape index (κ2) is 5.72. The van der Waals surface area contributed by atoms with Crippen molar-refractivity contribution in [2.45, 2.75) is 26.8 Å². The van der Waals surface area contributed by atoms with Crippen LogP contribution in [0.3, 0.4) is 0 Å². The van der Waals surface area contributed by atoms with Crippen molar-refractivity contribution >= 4 is 5.97 Å². The summed E-state index contributed by atoms with van der Waals surface area (Å²) >= 11 is 0. The fourth-order valence-corrected chi connectivity index (χ4v) is 1.54. The Morgan fingerprint density at radius 2 is 2.25 bits per heavy atom. The fraction of sp³-hybridized carbons (Fsp3) is 0.500. The predicted molar refractivity (Wildman–Crippen MR) is 59.1 cm³/mol. The standard InChI is InChI=1S/C10H11F2N5O3/c1-3-19-10(18)7-8(9(11)12)17(16-14-7)4-6-13-5(2)20-15-6/h9H,3-4H2,1-2H3. The molecule has 0 aliphatic heterocycles. The number of esters is 1. The molecule has 0 N–H and O–H groups in total. The summed E-state index contributed by atoms with van der Waals surface area (Å²) < 4.78 is 36.3. The van der Waals surface area contributed by atoms with Gasteiger partial charge in [0.15, 0.2) is 11.5 Å². The smallest absolute Gasteiger partial charge is 0.361 e. The highest BCUT2D eigenvalue weighted by Crippen LogP contribution is 2.22. The highest BCUT2D eigenvalue weighted by molar-refractivity contribution is 5.88. The molecule has 0 aliphatic carbocycles. The lowest BCUT2D eigenvalue weighted by atomic mass is 10.3. The van der Waals surface area contributed by atoms with Crippen LogP contribution in [0.2, 0.25) is 0 Å². The molecule has 20 heavy (non-hydrogen) atoms. The minimum atomic E-state index is -2.93. The number of rotatable bonds is 5. The van der Waals surface area contributed by atoms with Gasteiger partial charge >= 0.3 is 5.97 Å². The molecule has 10 heteroatoms. The van der Waals surface area contributed by atoms with Gasteiger partial charge in [-0.05, 0) is 6.92 Å². The number of halogens is 2. The van der Waals surface area contributed by atoms with Crippen molar-refractivity contribution in [1.29, 1.82) is 0 Å². The molecule has 0 aromatic carbocycles. The minimum absolute atomic E-state index is 0.0540. The van der Waals surface area contributed by atoms with Gasteiger partial charge in [-0.2, -0.15) is 4.98 Å². The average Bonchev–Trinajstić information content (AvgIpc) is 2.96. The molecule has 0 bridgehead atoms. The molecular formula is C10H11F2N5O3. The first-order valence-electron chi connectivity index (χ1n) is 5.70. The van der Waals surface area contributed by atoms with Crippen molar-refractivity contribution in [3.8, 4) is 0 Å². The van der Waals surface area contributed by atoms with Gasteiger partial charge in [0.1, 0.15) is 12.2 Å². The molecule has 2 aromatic rings. The lowest BCUT2D eigenvalue weighted by Crippen LogP contribution is -2.12. The molecule has 0 saturated carbocycles. The zero-order valence-electron chi connectivity index (χ0n) is 10.7. The van der Waals surface area contributed by atoms with Crippen LogP contribution in [0.25, 0.3) is 0 Å². The monoisotopic (exact) mass is 287 g/mol. The Bertz CT molecular complexity index is 610. The lowest BCUT2D eigenvalue weighted by Gasteiger charge is -2.04. The second-order valence-electron chi connectivity index (χ2n) is 3.73. The zero-order valence-corrected chi connectivity index (χ0v) is 10.7. The van der Waals surface area contributed by atoms with E-state index in [2.05, 4.69) is 25.2 Å². The van der Waals surface area contributed by atoms with Crippen molar-refractivity contribution in [1.82, 2.24) is 25.1 Å². The van der Waals surface area contributed by atoms with E-state index in [1.54, 1.807) is 13.8 Å². The number of aromatic nitrogens is 5. The maximum Gasteiger partial charge on any atom is 0.361 e. The van der Waals surface area contributed by atoms with Gasteiger partial charge in [-0.15, -0.1) is 5.10 Å². The molecule has 2 rings (SSSR count). The average molecular weight is 287 g/mol. The van der Waals surface area contributed by atoms with Crippen molar-refractivity contribution in [3.05, 3.63) is 23.1 Å². The molecule has 0 fully saturated rings. The summed E-state index contributed by atoms with van der Waals surface area (Å²) in [5.74, 6) is -0.493. The first-order chi connectivity index (χ1) is 9.52. The highest BCUT2D eigenvalue weighted by atomic mass is 19.3. The third-order valence-corrected chi connectivity index (χ3v) is 2.31. The van der Waals surface area contributed by atoms with E-state index in [-0.39, 0.29) is 19.0 Å². The molecule has 0 saturated heterocycles. The molecule has 2 aromatic heterocycles. The van der Waals surface area contributed by atoms with E-state index in [0.717, 1.165) is 4.68 Å². The number of carbonyl (C=O) groups excluding carboxylic acids is 1. The Balaban J connectivity index is 2.31. The fourth-order valence-electron chi connectivity index (χ4n) is 1.54. The predicted octanol–water partition coefficient (Wildman–Crippen LogP) is 1.13. The number of hydrogen-bond donors (Lipinski definition) is 0. The van der Waals surface area contributed by atoms with E-state index in [4.69, 9.17) is 4.52 Å². The molecule has 2 heterocycles. The van der Waals surface area contributed by atoms with Crippen LogP contribution >= 0.6 is 0 Å². The van der Waals surface area contributed by atoms with E-state index in [1.165, 1.54) is 0 Å². The van der Waals surface area contributed by atoms with E-state index in [1.807, 2.05) is 0 Å². The van der Waals surface area contributed by atoms with E-state index in [0.29, 0.717) is 5.89 Å². The number of carbonyl (C=O) groups is 1. The zero-order chi connectivity index (χ0) is 14.7. The van der Waals surface area contributed by atoms with Crippen molar-refractivity contribution in [2.24, 2.45) is 0 Å². The van der Waals surface area contributed by atoms with Crippen LogP contribution in [-0.2, 0) is 11.3 Å². The Labute approximate surface area is 111 Å². The van der Waals surface area contributed by atoms with Crippen LogP contribution in [0, 0.1) is 6.92 Å². The van der Waals surface area contributed by atoms with Crippen LogP contribution in [-0.4, -0.2) is 37.7 Å². The van der Waals surface area contributed by atoms with Crippen molar-refractivity contribution < 1.29 is 22.8 Å². The maximum absolute atomic E-state index is 13.1. The van der Waals surface area contributed by atoms with Crippen LogP contribution in [0.5, 0.6) is 0 Å². The van der Waals surface area contributed by atoms with Gasteiger partial charge in [-0.25, -0.2) is 18.3 Å². The Morgan fingerprint density at radius 3 is 2.80 bits per heavy atom. The Morgan fingerprint density at radius 1 is 1.50 bits per heavy atom. The molecule has 108 valence electrons. The third-order valence-electron chi connectivity index (χ3n) is 2.31. The van der Waals surface area contributed by atoms with Crippen molar-refractivity contribution in [3.63, 3.8) is 0 Å². The summed E-state index contributed by atoms with van der Waals surface area (Å²) in [5.41, 5.74) is -1.15. The second-order valence-corrected chi connectivity index (χ2v) is 3.73. The van der Waals surface area contributed by atoms with Crippen LogP contribution in [0.4, 0.5) is 8.78 Å². The first-order valence-corrected chi connectivity index (χ1v) is 5.70. The van der Waals surface area contributed by atoms with Gasteiger partial charge in [0.25, 0.3) is 6.43 Å². The third kappa shape index (κ3) is 2.78. The number of ether oxygens (including phenoxy) is 1. The molecular weight excluding hydrogens is 276 g/mol. The Hall–Kier alpha value is -2.39. The van der Waals surface area contributed by atoms with Gasteiger partial charge < -0.3 is 9.26 Å². The van der Waals surface area contributed by atoms with Crippen molar-refractivity contribution in [2.75, 3.05) is 6.61 Å². The topological polar surface area (TPSA) is 95.9 Å².